The summed E-state index contributed by atoms with van der Waals surface area (Å²) in [6, 6.07) is 11.3. The van der Waals surface area contributed by atoms with Gasteiger partial charge in [0.1, 0.15) is 24.7 Å². The second kappa shape index (κ2) is 23.1. The molecule has 0 bridgehead atoms. The molecule has 3 aromatic rings. The lowest BCUT2D eigenvalue weighted by molar-refractivity contribution is -0.149. The van der Waals surface area contributed by atoms with Crippen LogP contribution < -0.4 is 9.47 Å². The van der Waals surface area contributed by atoms with Crippen LogP contribution in [-0.2, 0) is 38.7 Å². The molecule has 0 heterocycles. The van der Waals surface area contributed by atoms with Crippen LogP contribution in [0.3, 0.4) is 0 Å². The van der Waals surface area contributed by atoms with Crippen molar-refractivity contribution in [2.75, 3.05) is 39.6 Å². The Morgan fingerprint density at radius 3 is 1.52 bits per heavy atom. The Bertz CT molecular complexity index is 1770. The highest BCUT2D eigenvalue weighted by atomic mass is 32.2. The lowest BCUT2D eigenvalue weighted by atomic mass is 10.0. The molecule has 298 valence electrons. The summed E-state index contributed by atoms with van der Waals surface area (Å²) in [5, 5.41) is 1.97. The third-order valence-corrected chi connectivity index (χ3v) is 10.2. The van der Waals surface area contributed by atoms with E-state index in [0.717, 1.165) is 63.5 Å². The van der Waals surface area contributed by atoms with Gasteiger partial charge >= 0.3 is 11.9 Å². The van der Waals surface area contributed by atoms with E-state index in [1.165, 1.54) is 18.2 Å². The van der Waals surface area contributed by atoms with Crippen molar-refractivity contribution in [1.82, 2.24) is 0 Å². The first-order chi connectivity index (χ1) is 26.0. The summed E-state index contributed by atoms with van der Waals surface area (Å²) >= 11 is 0. The van der Waals surface area contributed by atoms with Crippen LogP contribution >= 0.6 is 0 Å². The maximum Gasteiger partial charge on any atom is 0.330 e. The van der Waals surface area contributed by atoms with E-state index in [1.807, 2.05) is 12.1 Å². The van der Waals surface area contributed by atoms with E-state index in [0.29, 0.717) is 52.3 Å². The standard InChI is InChI=1S/C42H58O11S/c1-7-13-17-30(9-3)24-48-26-32(52-39(43)11-5)28-50-41-35-19-15-16-20-36(35)42(38-23-34(54(45,46)47)21-22-37(38)41)51-29-33(53-40(44)12-6)27-49-25-31(10-4)18-14-8-2/h11-12,15-16,19-23,30-33H,5-10,13-14,17-18,24-29H2,1-4H3,(H,45,46,47). The first-order valence-corrected chi connectivity index (χ1v) is 20.5. The minimum atomic E-state index is -4.61. The molecule has 11 nitrogen and oxygen atoms in total. The van der Waals surface area contributed by atoms with Crippen molar-refractivity contribution in [2.45, 2.75) is 96.2 Å². The molecule has 0 amide bonds. The van der Waals surface area contributed by atoms with Crippen LogP contribution in [-0.4, -0.2) is 76.8 Å². The number of esters is 2. The highest BCUT2D eigenvalue weighted by Gasteiger charge is 2.24. The normalized spacial score (nSPS) is 13.9. The molecular formula is C42H58O11S. The molecule has 0 radical (unpaired) electrons. The highest BCUT2D eigenvalue weighted by molar-refractivity contribution is 7.85. The quantitative estimate of drug-likeness (QED) is 0.0344. The Labute approximate surface area is 320 Å². The molecule has 54 heavy (non-hydrogen) atoms. The summed E-state index contributed by atoms with van der Waals surface area (Å²) in [5.74, 6) is 0.140. The summed E-state index contributed by atoms with van der Waals surface area (Å²) in [6.07, 6.45) is 8.93. The van der Waals surface area contributed by atoms with Crippen molar-refractivity contribution < 1.29 is 51.0 Å². The van der Waals surface area contributed by atoms with E-state index >= 15 is 0 Å². The SMILES string of the molecule is C=CC(=O)OC(COCC(CC)CCCC)COc1c2ccccc2c(OCC(COCC(CC)CCCC)OC(=O)C=C)c2cc(S(=O)(=O)O)ccc12. The van der Waals surface area contributed by atoms with Crippen LogP contribution in [0.4, 0.5) is 0 Å². The predicted octanol–water partition coefficient (Wildman–Crippen LogP) is 8.66. The van der Waals surface area contributed by atoms with Crippen molar-refractivity contribution >= 4 is 43.6 Å². The Morgan fingerprint density at radius 1 is 0.667 bits per heavy atom. The van der Waals surface area contributed by atoms with Gasteiger partial charge in [0.15, 0.2) is 12.2 Å². The second-order valence-electron chi connectivity index (χ2n) is 13.4. The Morgan fingerprint density at radius 2 is 1.11 bits per heavy atom. The fraction of sp³-hybridized carbons (Fsp3) is 0.524. The second-order valence-corrected chi connectivity index (χ2v) is 14.9. The molecule has 4 unspecified atom stereocenters. The van der Waals surface area contributed by atoms with Gasteiger partial charge in [-0.3, -0.25) is 4.55 Å². The summed E-state index contributed by atoms with van der Waals surface area (Å²) in [7, 11) is -4.61. The van der Waals surface area contributed by atoms with Crippen molar-refractivity contribution in [3.05, 3.63) is 67.8 Å². The van der Waals surface area contributed by atoms with Gasteiger partial charge in [-0.2, -0.15) is 8.42 Å². The van der Waals surface area contributed by atoms with Crippen LogP contribution in [0.1, 0.15) is 79.1 Å². The van der Waals surface area contributed by atoms with Crippen LogP contribution in [0.5, 0.6) is 11.5 Å². The first kappa shape index (κ1) is 44.4. The first-order valence-electron chi connectivity index (χ1n) is 19.0. The van der Waals surface area contributed by atoms with Gasteiger partial charge in [-0.15, -0.1) is 0 Å². The van der Waals surface area contributed by atoms with E-state index in [9.17, 15) is 22.6 Å². The van der Waals surface area contributed by atoms with Crippen LogP contribution in [0.2, 0.25) is 0 Å². The number of hydrogen-bond acceptors (Lipinski definition) is 10. The molecular weight excluding hydrogens is 713 g/mol. The fourth-order valence-electron chi connectivity index (χ4n) is 6.09. The molecule has 0 aliphatic carbocycles. The number of carbonyl (C=O) groups is 2. The number of benzene rings is 3. The predicted molar refractivity (Wildman–Crippen MR) is 211 cm³/mol. The highest BCUT2D eigenvalue weighted by Crippen LogP contribution is 2.43. The third kappa shape index (κ3) is 13.7. The van der Waals surface area contributed by atoms with Gasteiger partial charge in [-0.25, -0.2) is 9.59 Å². The van der Waals surface area contributed by atoms with Crippen molar-refractivity contribution in [1.29, 1.82) is 0 Å². The summed E-state index contributed by atoms with van der Waals surface area (Å²) in [5.41, 5.74) is 0. The number of carbonyl (C=O) groups excluding carboxylic acids is 2. The number of fused-ring (bicyclic) bond motifs is 2. The average molecular weight is 771 g/mol. The molecule has 12 heteroatoms. The van der Waals surface area contributed by atoms with Gasteiger partial charge in [0, 0.05) is 46.9 Å². The van der Waals surface area contributed by atoms with Gasteiger partial charge in [0.05, 0.1) is 18.1 Å². The summed E-state index contributed by atoms with van der Waals surface area (Å²) in [4.78, 5) is 24.3. The Balaban J connectivity index is 1.99. The van der Waals surface area contributed by atoms with E-state index in [2.05, 4.69) is 40.9 Å². The Hall–Kier alpha value is -3.97. The fourth-order valence-corrected chi connectivity index (χ4v) is 6.59. The minimum Gasteiger partial charge on any atom is -0.488 e. The maximum absolute atomic E-state index is 12.3. The molecule has 4 atom stereocenters. The molecule has 0 aliphatic rings. The largest absolute Gasteiger partial charge is 0.488 e. The number of hydrogen-bond donors (Lipinski definition) is 1. The molecule has 0 saturated heterocycles. The van der Waals surface area contributed by atoms with E-state index in [1.54, 1.807) is 12.1 Å². The van der Waals surface area contributed by atoms with E-state index in [-0.39, 0.29) is 37.1 Å². The van der Waals surface area contributed by atoms with Crippen molar-refractivity contribution in [3.63, 3.8) is 0 Å². The third-order valence-electron chi connectivity index (χ3n) is 9.32. The lowest BCUT2D eigenvalue weighted by Crippen LogP contribution is -2.30. The molecule has 0 fully saturated rings. The molecule has 0 saturated carbocycles. The van der Waals surface area contributed by atoms with Crippen molar-refractivity contribution in [3.8, 4) is 11.5 Å². The van der Waals surface area contributed by atoms with Crippen molar-refractivity contribution in [2.24, 2.45) is 11.8 Å². The maximum atomic E-state index is 12.3. The molecule has 3 rings (SSSR count). The number of rotatable bonds is 27. The molecule has 0 spiro atoms. The van der Waals surface area contributed by atoms with Gasteiger partial charge in [0.2, 0.25) is 0 Å². The monoisotopic (exact) mass is 770 g/mol. The summed E-state index contributed by atoms with van der Waals surface area (Å²) < 4.78 is 70.7. The summed E-state index contributed by atoms with van der Waals surface area (Å²) in [6.45, 7) is 16.5. The topological polar surface area (TPSA) is 144 Å². The van der Waals surface area contributed by atoms with E-state index < -0.39 is 34.3 Å². The smallest absolute Gasteiger partial charge is 0.330 e. The number of ether oxygens (including phenoxy) is 6. The minimum absolute atomic E-state index is 0.0695. The zero-order chi connectivity index (χ0) is 39.5. The average Bonchev–Trinajstić information content (AvgIpc) is 3.17. The van der Waals surface area contributed by atoms with Crippen LogP contribution in [0.25, 0.3) is 21.5 Å². The lowest BCUT2D eigenvalue weighted by Gasteiger charge is -2.23. The van der Waals surface area contributed by atoms with Gasteiger partial charge in [0.25, 0.3) is 10.1 Å². The Kier molecular flexibility index (Phi) is 19.0. The van der Waals surface area contributed by atoms with Gasteiger partial charge < -0.3 is 28.4 Å². The molecule has 0 aliphatic heterocycles. The van der Waals surface area contributed by atoms with Crippen LogP contribution in [0.15, 0.2) is 72.7 Å². The molecule has 3 aromatic carbocycles. The van der Waals surface area contributed by atoms with Gasteiger partial charge in [-0.1, -0.05) is 104 Å². The number of unbranched alkanes of at least 4 members (excludes halogenated alkanes) is 2. The molecule has 0 aromatic heterocycles. The molecule has 1 N–H and O–H groups in total. The zero-order valence-electron chi connectivity index (χ0n) is 32.3. The zero-order valence-corrected chi connectivity index (χ0v) is 33.1. The van der Waals surface area contributed by atoms with Crippen LogP contribution in [0, 0.1) is 11.8 Å². The van der Waals surface area contributed by atoms with E-state index in [4.69, 9.17) is 28.4 Å². The van der Waals surface area contributed by atoms with Gasteiger partial charge in [-0.05, 0) is 42.9 Å².